The van der Waals surface area contributed by atoms with Crippen molar-refractivity contribution >= 4 is 5.97 Å². The van der Waals surface area contributed by atoms with E-state index in [1.807, 2.05) is 6.92 Å². The Balaban J connectivity index is 2.53. The SMILES string of the molecule is CC1(C#CC(=O)O)CNC1. The molecular formula is C7H9NO2. The van der Waals surface area contributed by atoms with Gasteiger partial charge in [0.25, 0.3) is 0 Å². The minimum atomic E-state index is -1.05. The Morgan fingerprint density at radius 3 is 2.60 bits per heavy atom. The van der Waals surface area contributed by atoms with Crippen molar-refractivity contribution in [3.05, 3.63) is 0 Å². The molecule has 0 saturated carbocycles. The first kappa shape index (κ1) is 7.10. The van der Waals surface area contributed by atoms with E-state index in [1.54, 1.807) is 0 Å². The predicted molar refractivity (Wildman–Crippen MR) is 36.4 cm³/mol. The average Bonchev–Trinajstić information content (AvgIpc) is 1.79. The van der Waals surface area contributed by atoms with Crippen molar-refractivity contribution in [1.29, 1.82) is 0 Å². The quantitative estimate of drug-likeness (QED) is 0.452. The Morgan fingerprint density at radius 2 is 2.30 bits per heavy atom. The Labute approximate surface area is 59.4 Å². The number of carboxylic acids is 1. The van der Waals surface area contributed by atoms with E-state index in [0.29, 0.717) is 0 Å². The van der Waals surface area contributed by atoms with Crippen molar-refractivity contribution in [3.63, 3.8) is 0 Å². The maximum absolute atomic E-state index is 9.99. The lowest BCUT2D eigenvalue weighted by Gasteiger charge is -2.33. The first-order valence-corrected chi connectivity index (χ1v) is 3.09. The molecule has 0 bridgehead atoms. The average molecular weight is 139 g/mol. The molecule has 1 aliphatic rings. The van der Waals surface area contributed by atoms with Gasteiger partial charge in [0.2, 0.25) is 0 Å². The molecule has 0 aliphatic carbocycles. The summed E-state index contributed by atoms with van der Waals surface area (Å²) >= 11 is 0. The van der Waals surface area contributed by atoms with Crippen LogP contribution in [0.5, 0.6) is 0 Å². The molecule has 1 heterocycles. The standard InChI is InChI=1S/C7H9NO2/c1-7(4-8-5-7)3-2-6(9)10/h8H,4-5H2,1H3,(H,9,10). The van der Waals surface area contributed by atoms with Crippen LogP contribution in [0.25, 0.3) is 0 Å². The summed E-state index contributed by atoms with van der Waals surface area (Å²) in [5.74, 6) is 3.75. The fourth-order valence-electron chi connectivity index (χ4n) is 0.793. The van der Waals surface area contributed by atoms with Gasteiger partial charge >= 0.3 is 5.97 Å². The molecule has 0 radical (unpaired) electrons. The van der Waals surface area contributed by atoms with Gasteiger partial charge in [-0.3, -0.25) is 0 Å². The highest BCUT2D eigenvalue weighted by atomic mass is 16.4. The van der Waals surface area contributed by atoms with Crippen LogP contribution >= 0.6 is 0 Å². The zero-order valence-electron chi connectivity index (χ0n) is 5.77. The summed E-state index contributed by atoms with van der Waals surface area (Å²) in [6.07, 6.45) is 0. The van der Waals surface area contributed by atoms with Gasteiger partial charge in [-0.2, -0.15) is 0 Å². The van der Waals surface area contributed by atoms with Crippen LogP contribution in [0.1, 0.15) is 6.92 Å². The smallest absolute Gasteiger partial charge is 0.381 e. The molecule has 0 unspecified atom stereocenters. The van der Waals surface area contributed by atoms with Gasteiger partial charge in [0, 0.05) is 19.0 Å². The molecule has 3 nitrogen and oxygen atoms in total. The summed E-state index contributed by atoms with van der Waals surface area (Å²) in [6.45, 7) is 3.54. The van der Waals surface area contributed by atoms with E-state index < -0.39 is 5.97 Å². The number of rotatable bonds is 0. The third-order valence-corrected chi connectivity index (χ3v) is 1.50. The fourth-order valence-corrected chi connectivity index (χ4v) is 0.793. The zero-order valence-corrected chi connectivity index (χ0v) is 5.77. The van der Waals surface area contributed by atoms with Gasteiger partial charge in [0.05, 0.1) is 5.41 Å². The summed E-state index contributed by atoms with van der Waals surface area (Å²) in [6, 6.07) is 0. The molecule has 0 atom stereocenters. The van der Waals surface area contributed by atoms with E-state index in [2.05, 4.69) is 17.2 Å². The monoisotopic (exact) mass is 139 g/mol. The van der Waals surface area contributed by atoms with Gasteiger partial charge in [0.15, 0.2) is 0 Å². The second kappa shape index (κ2) is 2.31. The van der Waals surface area contributed by atoms with Crippen molar-refractivity contribution in [2.45, 2.75) is 6.92 Å². The Morgan fingerprint density at radius 1 is 1.70 bits per heavy atom. The molecule has 2 N–H and O–H groups in total. The largest absolute Gasteiger partial charge is 0.472 e. The van der Waals surface area contributed by atoms with Crippen LogP contribution in [0, 0.1) is 17.3 Å². The van der Waals surface area contributed by atoms with Crippen LogP contribution in [0.4, 0.5) is 0 Å². The van der Waals surface area contributed by atoms with Gasteiger partial charge in [-0.1, -0.05) is 5.92 Å². The molecule has 10 heavy (non-hydrogen) atoms. The maximum Gasteiger partial charge on any atom is 0.381 e. The van der Waals surface area contributed by atoms with Crippen LogP contribution in [0.15, 0.2) is 0 Å². The minimum absolute atomic E-state index is 0.0988. The second-order valence-electron chi connectivity index (χ2n) is 2.72. The molecule has 0 amide bonds. The van der Waals surface area contributed by atoms with E-state index in [0.717, 1.165) is 13.1 Å². The van der Waals surface area contributed by atoms with Crippen LogP contribution in [-0.4, -0.2) is 24.2 Å². The highest BCUT2D eigenvalue weighted by Crippen LogP contribution is 2.18. The molecule has 0 aromatic rings. The normalized spacial score (nSPS) is 20.1. The van der Waals surface area contributed by atoms with Crippen molar-refractivity contribution in [1.82, 2.24) is 5.32 Å². The Hall–Kier alpha value is -1.01. The van der Waals surface area contributed by atoms with E-state index in [-0.39, 0.29) is 5.41 Å². The number of hydrogen-bond donors (Lipinski definition) is 2. The summed E-state index contributed by atoms with van der Waals surface area (Å²) in [5, 5.41) is 11.2. The van der Waals surface area contributed by atoms with E-state index in [1.165, 1.54) is 0 Å². The Bertz CT molecular complexity index is 207. The van der Waals surface area contributed by atoms with Crippen molar-refractivity contribution in [2.75, 3.05) is 13.1 Å². The second-order valence-corrected chi connectivity index (χ2v) is 2.72. The predicted octanol–water partition coefficient (Wildman–Crippen LogP) is -0.316. The molecule has 0 aromatic heterocycles. The summed E-state index contributed by atoms with van der Waals surface area (Å²) in [5.41, 5.74) is -0.0988. The van der Waals surface area contributed by atoms with Gasteiger partial charge in [0.1, 0.15) is 0 Å². The van der Waals surface area contributed by atoms with Crippen LogP contribution in [-0.2, 0) is 4.79 Å². The lowest BCUT2D eigenvalue weighted by molar-refractivity contribution is -0.130. The molecule has 1 rings (SSSR count). The zero-order chi connectivity index (χ0) is 7.61. The first-order valence-electron chi connectivity index (χ1n) is 3.09. The van der Waals surface area contributed by atoms with Crippen LogP contribution in [0.3, 0.4) is 0 Å². The van der Waals surface area contributed by atoms with Crippen molar-refractivity contribution < 1.29 is 9.90 Å². The Kier molecular flexibility index (Phi) is 1.64. The minimum Gasteiger partial charge on any atom is -0.472 e. The van der Waals surface area contributed by atoms with E-state index >= 15 is 0 Å². The number of carboxylic acid groups (broad SMARTS) is 1. The fraction of sp³-hybridized carbons (Fsp3) is 0.571. The molecule has 54 valence electrons. The van der Waals surface area contributed by atoms with Crippen molar-refractivity contribution in [3.8, 4) is 11.8 Å². The third-order valence-electron chi connectivity index (χ3n) is 1.50. The molecule has 0 aromatic carbocycles. The van der Waals surface area contributed by atoms with E-state index in [4.69, 9.17) is 5.11 Å². The molecule has 1 fully saturated rings. The highest BCUT2D eigenvalue weighted by molar-refractivity contribution is 5.86. The number of carbonyl (C=O) groups is 1. The molecule has 0 spiro atoms. The first-order chi connectivity index (χ1) is 4.62. The number of hydrogen-bond acceptors (Lipinski definition) is 2. The summed E-state index contributed by atoms with van der Waals surface area (Å²) in [4.78, 5) is 9.99. The highest BCUT2D eigenvalue weighted by Gasteiger charge is 2.29. The lowest BCUT2D eigenvalue weighted by atomic mass is 9.85. The maximum atomic E-state index is 9.99. The number of aliphatic carboxylic acids is 1. The third kappa shape index (κ3) is 1.49. The van der Waals surface area contributed by atoms with Crippen molar-refractivity contribution in [2.24, 2.45) is 5.41 Å². The van der Waals surface area contributed by atoms with Crippen LogP contribution < -0.4 is 5.32 Å². The van der Waals surface area contributed by atoms with E-state index in [9.17, 15) is 4.79 Å². The summed E-state index contributed by atoms with van der Waals surface area (Å²) in [7, 11) is 0. The molecule has 1 aliphatic heterocycles. The molecule has 3 heteroatoms. The van der Waals surface area contributed by atoms with Gasteiger partial charge in [-0.05, 0) is 6.92 Å². The van der Waals surface area contributed by atoms with Crippen LogP contribution in [0.2, 0.25) is 0 Å². The van der Waals surface area contributed by atoms with Gasteiger partial charge in [-0.25, -0.2) is 4.79 Å². The lowest BCUT2D eigenvalue weighted by Crippen LogP contribution is -2.50. The summed E-state index contributed by atoms with van der Waals surface area (Å²) < 4.78 is 0. The van der Waals surface area contributed by atoms with Gasteiger partial charge in [-0.15, -0.1) is 0 Å². The topological polar surface area (TPSA) is 49.3 Å². The van der Waals surface area contributed by atoms with Gasteiger partial charge < -0.3 is 10.4 Å². The number of nitrogens with one attached hydrogen (secondary N) is 1. The molecule has 1 saturated heterocycles. The molecular weight excluding hydrogens is 130 g/mol.